The molecule has 0 aliphatic rings. The lowest BCUT2D eigenvalue weighted by Crippen LogP contribution is -2.32. The maximum atomic E-state index is 5.71. The third-order valence-electron chi connectivity index (χ3n) is 1.82. The van der Waals surface area contributed by atoms with Crippen molar-refractivity contribution in [2.75, 3.05) is 18.5 Å². The smallest absolute Gasteiger partial charge is 0.204 e. The Morgan fingerprint density at radius 1 is 1.57 bits per heavy atom. The zero-order valence-electron chi connectivity index (χ0n) is 9.03. The van der Waals surface area contributed by atoms with Crippen LogP contribution in [-0.4, -0.2) is 29.0 Å². The Bertz CT molecular complexity index is 272. The molecule has 1 aromatic heterocycles. The lowest BCUT2D eigenvalue weighted by Gasteiger charge is -2.16. The molecule has 14 heavy (non-hydrogen) atoms. The van der Waals surface area contributed by atoms with E-state index in [1.54, 1.807) is 0 Å². The fourth-order valence-corrected chi connectivity index (χ4v) is 1.91. The topological polar surface area (TPSA) is 55.0 Å². The van der Waals surface area contributed by atoms with Gasteiger partial charge >= 0.3 is 0 Å². The molecule has 0 bridgehead atoms. The highest BCUT2D eigenvalue weighted by molar-refractivity contribution is 7.09. The summed E-state index contributed by atoms with van der Waals surface area (Å²) in [7, 11) is 2.00. The summed E-state index contributed by atoms with van der Waals surface area (Å²) in [5, 5.41) is 0.964. The Balaban J connectivity index is 2.57. The molecule has 5 heteroatoms. The molecule has 0 radical (unpaired) electrons. The van der Waals surface area contributed by atoms with E-state index in [1.807, 2.05) is 14.0 Å². The van der Waals surface area contributed by atoms with Gasteiger partial charge in [0.2, 0.25) is 5.13 Å². The second kappa shape index (κ2) is 5.26. The Morgan fingerprint density at radius 2 is 2.29 bits per heavy atom. The SMILES string of the molecule is CCCc1nsc(N(C)CC(C)N)n1. The van der Waals surface area contributed by atoms with Crippen molar-refractivity contribution in [3.63, 3.8) is 0 Å². The molecular formula is C9H18N4S. The van der Waals surface area contributed by atoms with E-state index in [9.17, 15) is 0 Å². The number of anilines is 1. The normalized spacial score (nSPS) is 12.9. The van der Waals surface area contributed by atoms with Crippen molar-refractivity contribution in [3.05, 3.63) is 5.82 Å². The number of likely N-dealkylation sites (N-methyl/N-ethyl adjacent to an activating group) is 1. The molecule has 0 saturated heterocycles. The van der Waals surface area contributed by atoms with Crippen molar-refractivity contribution < 1.29 is 0 Å². The maximum absolute atomic E-state index is 5.71. The Kier molecular flexibility index (Phi) is 4.28. The summed E-state index contributed by atoms with van der Waals surface area (Å²) >= 11 is 1.45. The van der Waals surface area contributed by atoms with E-state index in [1.165, 1.54) is 11.5 Å². The van der Waals surface area contributed by atoms with E-state index in [2.05, 4.69) is 21.2 Å². The van der Waals surface area contributed by atoms with E-state index in [0.717, 1.165) is 30.3 Å². The van der Waals surface area contributed by atoms with Gasteiger partial charge < -0.3 is 10.6 Å². The number of hydrogen-bond donors (Lipinski definition) is 1. The Hall–Kier alpha value is -0.680. The molecule has 0 saturated carbocycles. The quantitative estimate of drug-likeness (QED) is 0.802. The molecule has 1 unspecified atom stereocenters. The van der Waals surface area contributed by atoms with E-state index in [4.69, 9.17) is 5.73 Å². The fourth-order valence-electron chi connectivity index (χ4n) is 1.24. The van der Waals surface area contributed by atoms with Crippen molar-refractivity contribution in [1.82, 2.24) is 9.36 Å². The predicted octanol–water partition coefficient (Wildman–Crippen LogP) is 1.27. The lowest BCUT2D eigenvalue weighted by atomic mass is 10.3. The molecule has 0 aromatic carbocycles. The molecule has 1 heterocycles. The minimum Gasteiger partial charge on any atom is -0.348 e. The summed E-state index contributed by atoms with van der Waals surface area (Å²) in [5.41, 5.74) is 5.71. The number of aryl methyl sites for hydroxylation is 1. The maximum Gasteiger partial charge on any atom is 0.204 e. The number of hydrogen-bond acceptors (Lipinski definition) is 5. The minimum atomic E-state index is 0.165. The van der Waals surface area contributed by atoms with Gasteiger partial charge in [-0.25, -0.2) is 4.98 Å². The van der Waals surface area contributed by atoms with Crippen molar-refractivity contribution in [2.24, 2.45) is 5.73 Å². The van der Waals surface area contributed by atoms with Gasteiger partial charge in [-0.3, -0.25) is 0 Å². The predicted molar refractivity (Wildman–Crippen MR) is 60.8 cm³/mol. The van der Waals surface area contributed by atoms with Gasteiger partial charge in [-0.15, -0.1) is 0 Å². The molecule has 1 rings (SSSR count). The van der Waals surface area contributed by atoms with E-state index < -0.39 is 0 Å². The minimum absolute atomic E-state index is 0.165. The second-order valence-electron chi connectivity index (χ2n) is 3.60. The summed E-state index contributed by atoms with van der Waals surface area (Å²) in [4.78, 5) is 6.49. The molecule has 0 aliphatic carbocycles. The summed E-state index contributed by atoms with van der Waals surface area (Å²) in [6, 6.07) is 0.165. The third kappa shape index (κ3) is 3.23. The molecular weight excluding hydrogens is 196 g/mol. The first-order chi connectivity index (χ1) is 6.63. The van der Waals surface area contributed by atoms with Gasteiger partial charge in [0.05, 0.1) is 0 Å². The molecule has 1 atom stereocenters. The van der Waals surface area contributed by atoms with E-state index in [-0.39, 0.29) is 6.04 Å². The zero-order chi connectivity index (χ0) is 10.6. The van der Waals surface area contributed by atoms with Crippen molar-refractivity contribution >= 4 is 16.7 Å². The molecule has 0 amide bonds. The molecule has 0 spiro atoms. The summed E-state index contributed by atoms with van der Waals surface area (Å²) < 4.78 is 4.28. The van der Waals surface area contributed by atoms with Gasteiger partial charge in [-0.05, 0) is 13.3 Å². The Labute approximate surface area is 89.3 Å². The van der Waals surface area contributed by atoms with Crippen LogP contribution < -0.4 is 10.6 Å². The number of rotatable bonds is 5. The van der Waals surface area contributed by atoms with Crippen LogP contribution in [0.1, 0.15) is 26.1 Å². The van der Waals surface area contributed by atoms with Crippen LogP contribution in [0.25, 0.3) is 0 Å². The molecule has 80 valence electrons. The molecule has 1 aromatic rings. The second-order valence-corrected chi connectivity index (χ2v) is 4.33. The monoisotopic (exact) mass is 214 g/mol. The van der Waals surface area contributed by atoms with Crippen molar-refractivity contribution in [3.8, 4) is 0 Å². The summed E-state index contributed by atoms with van der Waals surface area (Å²) in [5.74, 6) is 0.948. The van der Waals surface area contributed by atoms with Gasteiger partial charge in [0.1, 0.15) is 5.82 Å². The van der Waals surface area contributed by atoms with Crippen LogP contribution in [0, 0.1) is 0 Å². The lowest BCUT2D eigenvalue weighted by molar-refractivity contribution is 0.714. The van der Waals surface area contributed by atoms with Crippen LogP contribution in [0.15, 0.2) is 0 Å². The van der Waals surface area contributed by atoms with Gasteiger partial charge in [0, 0.05) is 37.6 Å². The summed E-state index contributed by atoms with van der Waals surface area (Å²) in [6.07, 6.45) is 2.05. The fraction of sp³-hybridized carbons (Fsp3) is 0.778. The summed E-state index contributed by atoms with van der Waals surface area (Å²) in [6.45, 7) is 4.94. The average molecular weight is 214 g/mol. The van der Waals surface area contributed by atoms with E-state index >= 15 is 0 Å². The Morgan fingerprint density at radius 3 is 2.86 bits per heavy atom. The van der Waals surface area contributed by atoms with Crippen LogP contribution >= 0.6 is 11.5 Å². The molecule has 0 aliphatic heterocycles. The highest BCUT2D eigenvalue weighted by Crippen LogP contribution is 2.16. The van der Waals surface area contributed by atoms with Crippen molar-refractivity contribution in [1.29, 1.82) is 0 Å². The van der Waals surface area contributed by atoms with Crippen LogP contribution in [0.3, 0.4) is 0 Å². The number of aromatic nitrogens is 2. The molecule has 4 nitrogen and oxygen atoms in total. The van der Waals surface area contributed by atoms with Crippen LogP contribution in [0.2, 0.25) is 0 Å². The highest BCUT2D eigenvalue weighted by Gasteiger charge is 2.09. The van der Waals surface area contributed by atoms with Gasteiger partial charge in [0.25, 0.3) is 0 Å². The first kappa shape index (κ1) is 11.4. The standard InChI is InChI=1S/C9H18N4S/c1-4-5-8-11-9(14-12-8)13(3)6-7(2)10/h7H,4-6,10H2,1-3H3. The zero-order valence-corrected chi connectivity index (χ0v) is 9.84. The first-order valence-electron chi connectivity index (χ1n) is 4.92. The van der Waals surface area contributed by atoms with Gasteiger partial charge in [-0.1, -0.05) is 6.92 Å². The number of nitrogens with zero attached hydrogens (tertiary/aromatic N) is 3. The van der Waals surface area contributed by atoms with E-state index in [0.29, 0.717) is 0 Å². The van der Waals surface area contributed by atoms with Crippen LogP contribution in [0.5, 0.6) is 0 Å². The van der Waals surface area contributed by atoms with Gasteiger partial charge in [-0.2, -0.15) is 4.37 Å². The van der Waals surface area contributed by atoms with Gasteiger partial charge in [0.15, 0.2) is 0 Å². The molecule has 0 fully saturated rings. The number of nitrogens with two attached hydrogens (primary N) is 1. The largest absolute Gasteiger partial charge is 0.348 e. The average Bonchev–Trinajstić information content (AvgIpc) is 2.52. The van der Waals surface area contributed by atoms with Crippen LogP contribution in [-0.2, 0) is 6.42 Å². The molecule has 2 N–H and O–H groups in total. The highest BCUT2D eigenvalue weighted by atomic mass is 32.1. The van der Waals surface area contributed by atoms with Crippen LogP contribution in [0.4, 0.5) is 5.13 Å². The first-order valence-corrected chi connectivity index (χ1v) is 5.70. The van der Waals surface area contributed by atoms with Crippen molar-refractivity contribution in [2.45, 2.75) is 32.7 Å². The third-order valence-corrected chi connectivity index (χ3v) is 2.69.